The predicted molar refractivity (Wildman–Crippen MR) is 128 cm³/mol. The van der Waals surface area contributed by atoms with Gasteiger partial charge in [0.15, 0.2) is 0 Å². The Labute approximate surface area is 207 Å². The molecule has 0 radical (unpaired) electrons. The summed E-state index contributed by atoms with van der Waals surface area (Å²) in [6, 6.07) is 10.8. The van der Waals surface area contributed by atoms with E-state index in [1.165, 1.54) is 18.2 Å². The molecule has 36 heavy (non-hydrogen) atoms. The molecular formula is C26H26N4O6. The molecule has 0 aliphatic carbocycles. The number of nitrogens with zero attached hydrogens (tertiary/aromatic N) is 2. The number of hydrogen-bond donors (Lipinski definition) is 3. The van der Waals surface area contributed by atoms with E-state index in [-0.39, 0.29) is 19.4 Å². The van der Waals surface area contributed by atoms with Crippen LogP contribution in [0.2, 0.25) is 0 Å². The first-order valence-corrected chi connectivity index (χ1v) is 11.4. The van der Waals surface area contributed by atoms with Crippen LogP contribution < -0.4 is 10.1 Å². The SMILES string of the molecule is CC(=O)NC(Cc1ccccc1)C(=O)N([C@@H]1COc2ccc(C=O)cc21)[C@@H](Cc1c[nH]cn1)C(=O)O. The van der Waals surface area contributed by atoms with Crippen molar-refractivity contribution in [1.82, 2.24) is 20.2 Å². The Kier molecular flexibility index (Phi) is 7.43. The second kappa shape index (κ2) is 10.9. The van der Waals surface area contributed by atoms with Crippen LogP contribution in [0.4, 0.5) is 0 Å². The molecule has 1 aromatic heterocycles. The maximum Gasteiger partial charge on any atom is 0.326 e. The molecule has 0 spiro atoms. The zero-order valence-corrected chi connectivity index (χ0v) is 19.6. The van der Waals surface area contributed by atoms with E-state index in [1.807, 2.05) is 30.3 Å². The molecule has 0 saturated heterocycles. The first-order chi connectivity index (χ1) is 17.4. The van der Waals surface area contributed by atoms with Crippen LogP contribution in [0, 0.1) is 0 Å². The predicted octanol–water partition coefficient (Wildman–Crippen LogP) is 1.93. The Morgan fingerprint density at radius 3 is 2.64 bits per heavy atom. The summed E-state index contributed by atoms with van der Waals surface area (Å²) in [7, 11) is 0. The standard InChI is InChI=1S/C26H26N4O6/c1-16(32)29-21(10-17-5-3-2-4-6-17)25(33)30(22(26(34)35)11-19-12-27-15-28-19)23-14-36-24-8-7-18(13-31)9-20(23)24/h2-9,12-13,15,21-23H,10-11,14H2,1H3,(H,27,28)(H,29,32)(H,34,35)/t21?,22-,23+/m0/s1. The average molecular weight is 491 g/mol. The minimum atomic E-state index is -1.31. The van der Waals surface area contributed by atoms with Crippen molar-refractivity contribution < 1.29 is 29.0 Å². The molecular weight excluding hydrogens is 464 g/mol. The van der Waals surface area contributed by atoms with Crippen molar-refractivity contribution >= 4 is 24.1 Å². The van der Waals surface area contributed by atoms with E-state index >= 15 is 0 Å². The van der Waals surface area contributed by atoms with Gasteiger partial charge in [-0.25, -0.2) is 9.78 Å². The third-order valence-electron chi connectivity index (χ3n) is 6.05. The maximum atomic E-state index is 14.1. The quantitative estimate of drug-likeness (QED) is 0.369. The number of H-pyrrole nitrogens is 1. The van der Waals surface area contributed by atoms with Gasteiger partial charge in [-0.15, -0.1) is 0 Å². The smallest absolute Gasteiger partial charge is 0.326 e. The number of aromatic nitrogens is 2. The molecule has 0 bridgehead atoms. The number of carboxylic acid groups (broad SMARTS) is 1. The Morgan fingerprint density at radius 2 is 2.00 bits per heavy atom. The van der Waals surface area contributed by atoms with Crippen LogP contribution in [0.1, 0.15) is 40.1 Å². The number of ether oxygens (including phenoxy) is 1. The van der Waals surface area contributed by atoms with Crippen LogP contribution in [0.25, 0.3) is 0 Å². The number of fused-ring (bicyclic) bond motifs is 1. The zero-order chi connectivity index (χ0) is 25.7. The summed E-state index contributed by atoms with van der Waals surface area (Å²) in [6.07, 6.45) is 3.77. The van der Waals surface area contributed by atoms with Gasteiger partial charge in [0.2, 0.25) is 11.8 Å². The van der Waals surface area contributed by atoms with Gasteiger partial charge in [-0.05, 0) is 23.8 Å². The number of aliphatic carboxylic acids is 1. The molecule has 3 N–H and O–H groups in total. The van der Waals surface area contributed by atoms with E-state index in [9.17, 15) is 24.3 Å². The van der Waals surface area contributed by atoms with E-state index in [1.54, 1.807) is 24.4 Å². The summed E-state index contributed by atoms with van der Waals surface area (Å²) >= 11 is 0. The molecule has 3 aromatic rings. The summed E-state index contributed by atoms with van der Waals surface area (Å²) in [6.45, 7) is 1.31. The lowest BCUT2D eigenvalue weighted by molar-refractivity contribution is -0.154. The minimum absolute atomic E-state index is 0.00581. The van der Waals surface area contributed by atoms with Gasteiger partial charge in [0, 0.05) is 37.1 Å². The summed E-state index contributed by atoms with van der Waals surface area (Å²) in [5.74, 6) is -1.76. The highest BCUT2D eigenvalue weighted by atomic mass is 16.5. The molecule has 1 aliphatic heterocycles. The molecule has 10 heteroatoms. The van der Waals surface area contributed by atoms with Gasteiger partial charge in [0.25, 0.3) is 0 Å². The van der Waals surface area contributed by atoms with Crippen molar-refractivity contribution in [2.45, 2.75) is 37.9 Å². The Hall–Kier alpha value is -4.47. The van der Waals surface area contributed by atoms with Crippen LogP contribution >= 0.6 is 0 Å². The van der Waals surface area contributed by atoms with Crippen molar-refractivity contribution in [3.8, 4) is 5.75 Å². The second-order valence-electron chi connectivity index (χ2n) is 8.55. The maximum absolute atomic E-state index is 14.1. The summed E-state index contributed by atoms with van der Waals surface area (Å²) in [5.41, 5.74) is 2.16. The van der Waals surface area contributed by atoms with E-state index < -0.39 is 35.9 Å². The van der Waals surface area contributed by atoms with E-state index in [4.69, 9.17) is 4.74 Å². The third kappa shape index (κ3) is 5.43. The topological polar surface area (TPSA) is 142 Å². The van der Waals surface area contributed by atoms with Crippen LogP contribution in [-0.4, -0.2) is 62.7 Å². The third-order valence-corrected chi connectivity index (χ3v) is 6.05. The first kappa shape index (κ1) is 24.6. The number of carbonyl (C=O) groups is 4. The number of carboxylic acids is 1. The number of aldehydes is 1. The van der Waals surface area contributed by atoms with Crippen LogP contribution in [0.5, 0.6) is 5.75 Å². The molecule has 3 atom stereocenters. The van der Waals surface area contributed by atoms with Crippen LogP contribution in [0.3, 0.4) is 0 Å². The fraction of sp³-hybridized carbons (Fsp3) is 0.269. The number of hydrogen-bond acceptors (Lipinski definition) is 6. The second-order valence-corrected chi connectivity index (χ2v) is 8.55. The number of nitrogens with one attached hydrogen (secondary N) is 2. The van der Waals surface area contributed by atoms with Gasteiger partial charge in [0.1, 0.15) is 30.7 Å². The number of benzene rings is 2. The number of carbonyl (C=O) groups excluding carboxylic acids is 3. The number of aromatic amines is 1. The fourth-order valence-corrected chi connectivity index (χ4v) is 4.43. The summed E-state index contributed by atoms with van der Waals surface area (Å²) in [5, 5.41) is 12.9. The lowest BCUT2D eigenvalue weighted by Gasteiger charge is -2.36. The molecule has 2 aromatic carbocycles. The zero-order valence-electron chi connectivity index (χ0n) is 19.6. The Morgan fingerprint density at radius 1 is 1.22 bits per heavy atom. The van der Waals surface area contributed by atoms with Crippen molar-refractivity contribution in [3.05, 3.63) is 83.4 Å². The van der Waals surface area contributed by atoms with Gasteiger partial charge in [-0.1, -0.05) is 30.3 Å². The van der Waals surface area contributed by atoms with Crippen molar-refractivity contribution in [2.75, 3.05) is 6.61 Å². The first-order valence-electron chi connectivity index (χ1n) is 11.4. The van der Waals surface area contributed by atoms with Crippen LogP contribution in [-0.2, 0) is 27.2 Å². The number of amides is 2. The fourth-order valence-electron chi connectivity index (χ4n) is 4.43. The molecule has 4 rings (SSSR count). The van der Waals surface area contributed by atoms with E-state index in [0.29, 0.717) is 28.9 Å². The summed E-state index contributed by atoms with van der Waals surface area (Å²) in [4.78, 5) is 58.3. The van der Waals surface area contributed by atoms with Crippen molar-refractivity contribution in [1.29, 1.82) is 0 Å². The van der Waals surface area contributed by atoms with Crippen LogP contribution in [0.15, 0.2) is 61.1 Å². The molecule has 10 nitrogen and oxygen atoms in total. The Bertz CT molecular complexity index is 1240. The Balaban J connectivity index is 1.77. The van der Waals surface area contributed by atoms with Gasteiger partial charge in [-0.3, -0.25) is 14.4 Å². The average Bonchev–Trinajstić information content (AvgIpc) is 3.53. The number of rotatable bonds is 10. The van der Waals surface area contributed by atoms with E-state index in [0.717, 1.165) is 5.56 Å². The molecule has 0 fully saturated rings. The van der Waals surface area contributed by atoms with E-state index in [2.05, 4.69) is 15.3 Å². The molecule has 186 valence electrons. The molecule has 1 unspecified atom stereocenters. The lowest BCUT2D eigenvalue weighted by Crippen LogP contribution is -2.56. The highest BCUT2D eigenvalue weighted by molar-refractivity contribution is 5.91. The lowest BCUT2D eigenvalue weighted by atomic mass is 9.97. The normalized spacial score (nSPS) is 15.8. The monoisotopic (exact) mass is 490 g/mol. The van der Waals surface area contributed by atoms with Crippen molar-refractivity contribution in [3.63, 3.8) is 0 Å². The van der Waals surface area contributed by atoms with Gasteiger partial charge >= 0.3 is 5.97 Å². The van der Waals surface area contributed by atoms with Crippen molar-refractivity contribution in [2.24, 2.45) is 0 Å². The van der Waals surface area contributed by atoms with Gasteiger partial charge < -0.3 is 25.0 Å². The minimum Gasteiger partial charge on any atom is -0.491 e. The number of imidazole rings is 1. The highest BCUT2D eigenvalue weighted by Crippen LogP contribution is 2.38. The molecule has 2 amide bonds. The molecule has 2 heterocycles. The van der Waals surface area contributed by atoms with Gasteiger partial charge in [0.05, 0.1) is 18.1 Å². The molecule has 1 aliphatic rings. The molecule has 0 saturated carbocycles. The largest absolute Gasteiger partial charge is 0.491 e. The highest BCUT2D eigenvalue weighted by Gasteiger charge is 2.43. The van der Waals surface area contributed by atoms with Gasteiger partial charge in [-0.2, -0.15) is 0 Å². The summed E-state index contributed by atoms with van der Waals surface area (Å²) < 4.78 is 5.77.